The number of carbonyl (C=O) groups is 1. The van der Waals surface area contributed by atoms with Crippen molar-refractivity contribution in [3.63, 3.8) is 0 Å². The minimum Gasteiger partial charge on any atom is -0.491 e. The monoisotopic (exact) mass is 510 g/mol. The van der Waals surface area contributed by atoms with Crippen molar-refractivity contribution in [1.82, 2.24) is 0 Å². The lowest BCUT2D eigenvalue weighted by Gasteiger charge is -2.43. The van der Waals surface area contributed by atoms with Crippen LogP contribution in [0.5, 0.6) is 5.75 Å². The lowest BCUT2D eigenvalue weighted by atomic mass is 9.70. The topological polar surface area (TPSA) is 35.5 Å². The van der Waals surface area contributed by atoms with Gasteiger partial charge in [0.25, 0.3) is 0 Å². The predicted molar refractivity (Wildman–Crippen MR) is 156 cm³/mol. The Balaban J connectivity index is 2.35. The summed E-state index contributed by atoms with van der Waals surface area (Å²) in [7, 11) is -1.92. The predicted octanol–water partition coefficient (Wildman–Crippen LogP) is 9.04. The van der Waals surface area contributed by atoms with Crippen molar-refractivity contribution in [2.24, 2.45) is 5.41 Å². The lowest BCUT2D eigenvalue weighted by Crippen LogP contribution is -2.49. The molecule has 1 atom stereocenters. The molecule has 4 heteroatoms. The summed E-state index contributed by atoms with van der Waals surface area (Å²) in [4.78, 5) is 11.4. The number of hydrogen-bond donors (Lipinski definition) is 0. The highest BCUT2D eigenvalue weighted by molar-refractivity contribution is 6.74. The van der Waals surface area contributed by atoms with Crippen LogP contribution in [0.15, 0.2) is 36.4 Å². The van der Waals surface area contributed by atoms with Gasteiger partial charge in [0.2, 0.25) is 0 Å². The summed E-state index contributed by atoms with van der Waals surface area (Å²) in [5.74, 6) is 0.917. The molecule has 0 amide bonds. The number of aldehydes is 1. The fourth-order valence-electron chi connectivity index (χ4n) is 4.61. The summed E-state index contributed by atoms with van der Waals surface area (Å²) in [5.41, 5.74) is 5.36. The van der Waals surface area contributed by atoms with Crippen molar-refractivity contribution >= 4 is 14.6 Å². The third-order valence-electron chi connectivity index (χ3n) is 8.48. The molecule has 0 radical (unpaired) electrons. The molecule has 0 fully saturated rings. The van der Waals surface area contributed by atoms with Gasteiger partial charge in [0.1, 0.15) is 18.6 Å². The summed E-state index contributed by atoms with van der Waals surface area (Å²) in [6, 6.07) is 12.9. The molecule has 0 aliphatic carbocycles. The molecule has 0 spiro atoms. The SMILES string of the molecule is CCC(CC)(c1ccc(C=O)c(C)c1)c1ccc(OC[C@@H](O[Si](C)(C)C(C)(C)C)C(C)(C)C)c(C)c1. The standard InChI is InChI=1S/C32H50O3Si/c1-13-32(14-2,26-16-15-25(21-33)23(3)19-26)27-17-18-28(24(4)20-27)34-22-29(30(5,6)7)35-36(11,12)31(8,9)10/h15-21,29H,13-14,22H2,1-12H3/t29-/m1/s1. The fraction of sp³-hybridized carbons (Fsp3) is 0.594. The van der Waals surface area contributed by atoms with Crippen LogP contribution in [0.2, 0.25) is 18.1 Å². The van der Waals surface area contributed by atoms with E-state index in [-0.39, 0.29) is 22.0 Å². The highest BCUT2D eigenvalue weighted by atomic mass is 28.4. The molecule has 36 heavy (non-hydrogen) atoms. The molecular weight excluding hydrogens is 460 g/mol. The Kier molecular flexibility index (Phi) is 9.45. The first-order valence-electron chi connectivity index (χ1n) is 13.5. The van der Waals surface area contributed by atoms with E-state index in [2.05, 4.69) is 106 Å². The molecule has 0 bridgehead atoms. The second-order valence-corrected chi connectivity index (χ2v) is 17.8. The van der Waals surface area contributed by atoms with Gasteiger partial charge in [-0.2, -0.15) is 0 Å². The van der Waals surface area contributed by atoms with E-state index in [0.29, 0.717) is 6.61 Å². The van der Waals surface area contributed by atoms with Crippen molar-refractivity contribution in [2.75, 3.05) is 6.61 Å². The second kappa shape index (κ2) is 11.2. The quantitative estimate of drug-likeness (QED) is 0.236. The van der Waals surface area contributed by atoms with Gasteiger partial charge >= 0.3 is 0 Å². The number of rotatable bonds is 10. The molecular formula is C32H50O3Si. The van der Waals surface area contributed by atoms with E-state index in [0.717, 1.165) is 41.6 Å². The largest absolute Gasteiger partial charge is 0.491 e. The summed E-state index contributed by atoms with van der Waals surface area (Å²) in [6.07, 6.45) is 2.92. The maximum absolute atomic E-state index is 11.4. The maximum atomic E-state index is 11.4. The van der Waals surface area contributed by atoms with E-state index in [1.54, 1.807) is 0 Å². The molecule has 2 rings (SSSR count). The Morgan fingerprint density at radius 3 is 1.81 bits per heavy atom. The van der Waals surface area contributed by atoms with E-state index in [4.69, 9.17) is 9.16 Å². The first-order chi connectivity index (χ1) is 16.5. The third-order valence-corrected chi connectivity index (χ3v) is 13.0. The van der Waals surface area contributed by atoms with Gasteiger partial charge in [0.15, 0.2) is 8.32 Å². The molecule has 0 saturated heterocycles. The molecule has 2 aromatic carbocycles. The van der Waals surface area contributed by atoms with Crippen LogP contribution in [0, 0.1) is 19.3 Å². The van der Waals surface area contributed by atoms with Crippen molar-refractivity contribution in [3.8, 4) is 5.75 Å². The summed E-state index contributed by atoms with van der Waals surface area (Å²) in [5, 5.41) is 0.153. The number of carbonyl (C=O) groups excluding carboxylic acids is 1. The normalized spacial score (nSPS) is 14.0. The van der Waals surface area contributed by atoms with Gasteiger partial charge in [-0.1, -0.05) is 85.7 Å². The van der Waals surface area contributed by atoms with Crippen LogP contribution in [-0.4, -0.2) is 27.3 Å². The smallest absolute Gasteiger partial charge is 0.192 e. The van der Waals surface area contributed by atoms with Crippen LogP contribution in [0.4, 0.5) is 0 Å². The molecule has 0 aliphatic rings. The molecule has 0 N–H and O–H groups in total. The van der Waals surface area contributed by atoms with Gasteiger partial charge in [-0.05, 0) is 78.6 Å². The molecule has 0 aromatic heterocycles. The van der Waals surface area contributed by atoms with Crippen LogP contribution >= 0.6 is 0 Å². The Bertz CT molecular complexity index is 1040. The van der Waals surface area contributed by atoms with E-state index < -0.39 is 8.32 Å². The fourth-order valence-corrected chi connectivity index (χ4v) is 6.09. The highest BCUT2D eigenvalue weighted by Gasteiger charge is 2.42. The summed E-state index contributed by atoms with van der Waals surface area (Å²) < 4.78 is 13.3. The summed E-state index contributed by atoms with van der Waals surface area (Å²) >= 11 is 0. The molecule has 2 aromatic rings. The van der Waals surface area contributed by atoms with Gasteiger partial charge in [-0.3, -0.25) is 4.79 Å². The first-order valence-corrected chi connectivity index (χ1v) is 16.4. The second-order valence-electron chi connectivity index (χ2n) is 13.0. The van der Waals surface area contributed by atoms with Crippen molar-refractivity contribution in [3.05, 3.63) is 64.2 Å². The minimum absolute atomic E-state index is 0.0159. The van der Waals surface area contributed by atoms with Crippen molar-refractivity contribution in [1.29, 1.82) is 0 Å². The average molecular weight is 511 g/mol. The Morgan fingerprint density at radius 2 is 1.39 bits per heavy atom. The third kappa shape index (κ3) is 6.50. The van der Waals surface area contributed by atoms with Crippen LogP contribution < -0.4 is 4.74 Å². The Hall–Kier alpha value is -1.91. The van der Waals surface area contributed by atoms with Crippen LogP contribution in [-0.2, 0) is 9.84 Å². The van der Waals surface area contributed by atoms with E-state index in [9.17, 15) is 4.79 Å². The zero-order valence-electron chi connectivity index (χ0n) is 25.0. The number of aryl methyl sites for hydroxylation is 2. The number of benzene rings is 2. The number of hydrogen-bond acceptors (Lipinski definition) is 3. The minimum atomic E-state index is -1.92. The van der Waals surface area contributed by atoms with E-state index in [1.807, 2.05) is 13.0 Å². The van der Waals surface area contributed by atoms with Gasteiger partial charge in [0, 0.05) is 11.0 Å². The van der Waals surface area contributed by atoms with Gasteiger partial charge in [0.05, 0.1) is 6.10 Å². The van der Waals surface area contributed by atoms with Gasteiger partial charge in [-0.25, -0.2) is 0 Å². The summed E-state index contributed by atoms with van der Waals surface area (Å²) in [6.45, 7) is 27.4. The maximum Gasteiger partial charge on any atom is 0.192 e. The number of ether oxygens (including phenoxy) is 1. The van der Waals surface area contributed by atoms with Gasteiger partial charge < -0.3 is 9.16 Å². The van der Waals surface area contributed by atoms with E-state index in [1.165, 1.54) is 11.1 Å². The van der Waals surface area contributed by atoms with Crippen LogP contribution in [0.3, 0.4) is 0 Å². The van der Waals surface area contributed by atoms with Crippen molar-refractivity contribution in [2.45, 2.75) is 112 Å². The van der Waals surface area contributed by atoms with Gasteiger partial charge in [-0.15, -0.1) is 0 Å². The molecule has 0 aliphatic heterocycles. The molecule has 0 heterocycles. The lowest BCUT2D eigenvalue weighted by molar-refractivity contribution is 0.0310. The first kappa shape index (κ1) is 30.3. The zero-order valence-corrected chi connectivity index (χ0v) is 26.0. The van der Waals surface area contributed by atoms with Crippen LogP contribution in [0.25, 0.3) is 0 Å². The Labute approximate surface area is 222 Å². The molecule has 0 unspecified atom stereocenters. The van der Waals surface area contributed by atoms with E-state index >= 15 is 0 Å². The zero-order chi connectivity index (χ0) is 27.5. The van der Waals surface area contributed by atoms with Crippen LogP contribution in [0.1, 0.15) is 101 Å². The average Bonchev–Trinajstić information content (AvgIpc) is 2.77. The Morgan fingerprint density at radius 1 is 0.861 bits per heavy atom. The molecule has 200 valence electrons. The molecule has 0 saturated carbocycles. The highest BCUT2D eigenvalue weighted by Crippen LogP contribution is 2.42. The van der Waals surface area contributed by atoms with Crippen molar-refractivity contribution < 1.29 is 14.0 Å². The molecule has 3 nitrogen and oxygen atoms in total.